The summed E-state index contributed by atoms with van der Waals surface area (Å²) in [6, 6.07) is 11.6. The van der Waals surface area contributed by atoms with Crippen molar-refractivity contribution in [1.82, 2.24) is 4.90 Å². The Labute approximate surface area is 231 Å². The van der Waals surface area contributed by atoms with Gasteiger partial charge in [-0.1, -0.05) is 62.2 Å². The number of benzene rings is 1. The molecule has 7 rings (SSSR count). The van der Waals surface area contributed by atoms with Gasteiger partial charge < -0.3 is 9.84 Å². The van der Waals surface area contributed by atoms with E-state index in [1.165, 1.54) is 57.1 Å². The number of aliphatic hydroxyl groups is 1. The summed E-state index contributed by atoms with van der Waals surface area (Å²) in [5.74, 6) is 4.48. The molecule has 2 heterocycles. The van der Waals surface area contributed by atoms with Gasteiger partial charge in [0.1, 0.15) is 0 Å². The zero-order valence-corrected chi connectivity index (χ0v) is 24.4. The van der Waals surface area contributed by atoms with Crippen molar-refractivity contribution in [3.05, 3.63) is 47.0 Å². The summed E-state index contributed by atoms with van der Waals surface area (Å²) in [6.45, 7) is 12.3. The van der Waals surface area contributed by atoms with Crippen molar-refractivity contribution in [2.24, 2.45) is 40.9 Å². The van der Waals surface area contributed by atoms with E-state index in [0.717, 1.165) is 49.5 Å². The maximum Gasteiger partial charge on any atom is 0.0765 e. The molecular formula is C35H51NO2. The van der Waals surface area contributed by atoms with E-state index in [2.05, 4.69) is 62.9 Å². The van der Waals surface area contributed by atoms with Gasteiger partial charge in [-0.2, -0.15) is 0 Å². The molecule has 2 unspecified atom stereocenters. The van der Waals surface area contributed by atoms with Crippen molar-refractivity contribution in [2.75, 3.05) is 6.54 Å². The lowest BCUT2D eigenvalue weighted by atomic mass is 9.52. The lowest BCUT2D eigenvalue weighted by Gasteiger charge is -2.53. The molecule has 11 atom stereocenters. The molecular weight excluding hydrogens is 466 g/mol. The maximum atomic E-state index is 10.4. The minimum absolute atomic E-state index is 0.0152. The molecule has 3 heteroatoms. The van der Waals surface area contributed by atoms with Gasteiger partial charge in [-0.05, 0) is 112 Å². The van der Waals surface area contributed by atoms with E-state index in [1.54, 1.807) is 5.57 Å². The molecule has 1 N–H and O–H groups in total. The van der Waals surface area contributed by atoms with E-state index in [1.807, 2.05) is 5.57 Å². The summed E-state index contributed by atoms with van der Waals surface area (Å²) in [7, 11) is 0. The number of hydrogen-bond donors (Lipinski definition) is 1. The fraction of sp³-hybridized carbons (Fsp3) is 0.771. The highest BCUT2D eigenvalue weighted by Gasteiger charge is 2.60. The molecule has 6 aliphatic rings. The number of hydrogen-bond acceptors (Lipinski definition) is 3. The standard InChI is InChI=1S/C35H51NO2/c1-22-16-32-33(36(20-22)21-25-8-6-5-7-9-25)24(3)35(38-32)15-13-28-29-11-10-26-17-27(37)12-14-34(26,4)31(29)18-30(28)23(2)19-35/h5-9,22,24,26-29,31-33,37H,10-21H2,1-4H3/t22-,24+,26+,27?,28-,29-,31-,32?,33-,34-,35-/m0/s1. The maximum absolute atomic E-state index is 10.4. The molecule has 3 saturated carbocycles. The second-order valence-electron chi connectivity index (χ2n) is 15.1. The third-order valence-electron chi connectivity index (χ3n) is 13.1. The Bertz CT molecular complexity index is 1070. The van der Waals surface area contributed by atoms with Crippen LogP contribution in [0.1, 0.15) is 97.5 Å². The Morgan fingerprint density at radius 2 is 1.84 bits per heavy atom. The summed E-state index contributed by atoms with van der Waals surface area (Å²) in [4.78, 5) is 2.79. The second-order valence-corrected chi connectivity index (χ2v) is 15.1. The first kappa shape index (κ1) is 25.8. The van der Waals surface area contributed by atoms with Crippen LogP contribution < -0.4 is 0 Å². The van der Waals surface area contributed by atoms with Crippen LogP contribution in [0, 0.1) is 40.9 Å². The third kappa shape index (κ3) is 4.00. The smallest absolute Gasteiger partial charge is 0.0765 e. The summed E-state index contributed by atoms with van der Waals surface area (Å²) in [5, 5.41) is 10.4. The fourth-order valence-corrected chi connectivity index (χ4v) is 11.2. The topological polar surface area (TPSA) is 32.7 Å². The van der Waals surface area contributed by atoms with Gasteiger partial charge in [-0.3, -0.25) is 4.90 Å². The average molecular weight is 518 g/mol. The van der Waals surface area contributed by atoms with Crippen molar-refractivity contribution >= 4 is 0 Å². The highest BCUT2D eigenvalue weighted by Crippen LogP contribution is 2.65. The van der Waals surface area contributed by atoms with Crippen molar-refractivity contribution < 1.29 is 9.84 Å². The minimum Gasteiger partial charge on any atom is -0.393 e. The van der Waals surface area contributed by atoms with Crippen molar-refractivity contribution in [1.29, 1.82) is 0 Å². The quantitative estimate of drug-likeness (QED) is 0.415. The van der Waals surface area contributed by atoms with Crippen molar-refractivity contribution in [3.8, 4) is 0 Å². The molecule has 0 amide bonds. The van der Waals surface area contributed by atoms with Crippen LogP contribution >= 0.6 is 0 Å². The van der Waals surface area contributed by atoms with E-state index in [9.17, 15) is 5.11 Å². The number of likely N-dealkylation sites (tertiary alicyclic amines) is 1. The number of ether oxygens (including phenoxy) is 1. The number of aliphatic hydroxyl groups excluding tert-OH is 1. The van der Waals surface area contributed by atoms with Crippen LogP contribution in [0.4, 0.5) is 0 Å². The highest BCUT2D eigenvalue weighted by atomic mass is 16.5. The molecule has 208 valence electrons. The van der Waals surface area contributed by atoms with Crippen LogP contribution in [-0.4, -0.2) is 40.4 Å². The molecule has 5 fully saturated rings. The highest BCUT2D eigenvalue weighted by molar-refractivity contribution is 5.29. The Balaban J connectivity index is 1.15. The lowest BCUT2D eigenvalue weighted by molar-refractivity contribution is -0.0843. The Kier molecular flexibility index (Phi) is 6.41. The number of fused-ring (bicyclic) bond motifs is 6. The normalized spacial score (nSPS) is 48.8. The average Bonchev–Trinajstić information content (AvgIpc) is 3.35. The fourth-order valence-electron chi connectivity index (χ4n) is 11.2. The van der Waals surface area contributed by atoms with Gasteiger partial charge in [0.25, 0.3) is 0 Å². The van der Waals surface area contributed by atoms with Gasteiger partial charge in [-0.25, -0.2) is 0 Å². The van der Waals surface area contributed by atoms with Gasteiger partial charge in [0.15, 0.2) is 0 Å². The molecule has 0 radical (unpaired) electrons. The van der Waals surface area contributed by atoms with E-state index < -0.39 is 0 Å². The van der Waals surface area contributed by atoms with E-state index in [4.69, 9.17) is 4.74 Å². The summed E-state index contributed by atoms with van der Waals surface area (Å²) in [6.07, 6.45) is 12.6. The van der Waals surface area contributed by atoms with Crippen LogP contribution in [0.5, 0.6) is 0 Å². The predicted octanol–water partition coefficient (Wildman–Crippen LogP) is 7.38. The first-order valence-electron chi connectivity index (χ1n) is 16.1. The summed E-state index contributed by atoms with van der Waals surface area (Å²) >= 11 is 0. The van der Waals surface area contributed by atoms with Crippen LogP contribution in [0.2, 0.25) is 0 Å². The molecule has 4 aliphatic carbocycles. The molecule has 2 saturated heterocycles. The van der Waals surface area contributed by atoms with E-state index in [-0.39, 0.29) is 11.7 Å². The predicted molar refractivity (Wildman–Crippen MR) is 154 cm³/mol. The zero-order valence-electron chi connectivity index (χ0n) is 24.4. The van der Waals surface area contributed by atoms with Gasteiger partial charge >= 0.3 is 0 Å². The number of allylic oxidation sites excluding steroid dienone is 1. The van der Waals surface area contributed by atoms with Gasteiger partial charge in [0.05, 0.1) is 17.8 Å². The summed E-state index contributed by atoms with van der Waals surface area (Å²) < 4.78 is 7.31. The largest absolute Gasteiger partial charge is 0.393 e. The Hall–Kier alpha value is -1.16. The van der Waals surface area contributed by atoms with Crippen molar-refractivity contribution in [2.45, 2.75) is 122 Å². The number of rotatable bonds is 2. The first-order valence-corrected chi connectivity index (χ1v) is 16.1. The Morgan fingerprint density at radius 1 is 1.03 bits per heavy atom. The van der Waals surface area contributed by atoms with Crippen molar-refractivity contribution in [3.63, 3.8) is 0 Å². The van der Waals surface area contributed by atoms with Crippen LogP contribution in [-0.2, 0) is 11.3 Å². The van der Waals surface area contributed by atoms with Gasteiger partial charge in [-0.15, -0.1) is 0 Å². The first-order chi connectivity index (χ1) is 18.3. The minimum atomic E-state index is -0.0500. The van der Waals surface area contributed by atoms with Crippen LogP contribution in [0.15, 0.2) is 41.5 Å². The number of nitrogens with zero attached hydrogens (tertiary/aromatic N) is 1. The second kappa shape index (κ2) is 9.45. The molecule has 1 aromatic carbocycles. The van der Waals surface area contributed by atoms with E-state index >= 15 is 0 Å². The van der Waals surface area contributed by atoms with Crippen LogP contribution in [0.25, 0.3) is 0 Å². The molecule has 2 aliphatic heterocycles. The molecule has 0 aromatic heterocycles. The Morgan fingerprint density at radius 3 is 2.66 bits per heavy atom. The molecule has 38 heavy (non-hydrogen) atoms. The molecule has 0 bridgehead atoms. The van der Waals surface area contributed by atoms with E-state index in [0.29, 0.717) is 29.4 Å². The monoisotopic (exact) mass is 517 g/mol. The SMILES string of the molecule is CC1=C2C[C@H]3[C@@H](CC[C@@H]4CC(O)CC[C@@]43C)[C@@H]2CC[C@@]2(C1)OC1C[C@H](C)CN(Cc3ccccc3)[C@H]1[C@H]2C. The van der Waals surface area contributed by atoms with Crippen LogP contribution in [0.3, 0.4) is 0 Å². The molecule has 3 nitrogen and oxygen atoms in total. The molecule has 1 aromatic rings. The van der Waals surface area contributed by atoms with Gasteiger partial charge in [0, 0.05) is 25.0 Å². The zero-order chi connectivity index (χ0) is 26.2. The lowest BCUT2D eigenvalue weighted by Crippen LogP contribution is -2.51. The third-order valence-corrected chi connectivity index (χ3v) is 13.1. The molecule has 1 spiro atoms. The van der Waals surface area contributed by atoms with Gasteiger partial charge in [0.2, 0.25) is 0 Å². The summed E-state index contributed by atoms with van der Waals surface area (Å²) in [5.41, 5.74) is 5.42. The number of piperidine rings is 1.